The Morgan fingerprint density at radius 3 is 2.42 bits per heavy atom. The lowest BCUT2D eigenvalue weighted by molar-refractivity contribution is -0.384. The predicted octanol–water partition coefficient (Wildman–Crippen LogP) is 3.05. The number of carbonyl (C=O) groups excluding carboxylic acids is 1. The molecule has 0 unspecified atom stereocenters. The van der Waals surface area contributed by atoms with Crippen LogP contribution in [0.3, 0.4) is 0 Å². The van der Waals surface area contributed by atoms with Crippen molar-refractivity contribution in [1.29, 1.82) is 0 Å². The number of amides is 1. The van der Waals surface area contributed by atoms with E-state index in [1.165, 1.54) is 23.9 Å². The number of non-ortho nitro benzene ring substituents is 1. The first kappa shape index (κ1) is 17.8. The smallest absolute Gasteiger partial charge is 0.269 e. The van der Waals surface area contributed by atoms with E-state index in [0.717, 1.165) is 22.6 Å². The van der Waals surface area contributed by atoms with Crippen LogP contribution in [0, 0.1) is 10.1 Å². The molecule has 0 atom stereocenters. The SMILES string of the molecule is COc1ccc(CCNC(=O)CSc2ccc([N+](=O)[O-])cc2)cc1. The average Bonchev–Trinajstić information content (AvgIpc) is 2.61. The van der Waals surface area contributed by atoms with Crippen LogP contribution in [-0.2, 0) is 11.2 Å². The number of thioether (sulfide) groups is 1. The van der Waals surface area contributed by atoms with E-state index in [0.29, 0.717) is 6.54 Å². The summed E-state index contributed by atoms with van der Waals surface area (Å²) in [5.41, 5.74) is 1.17. The Balaban J connectivity index is 1.70. The number of hydrogen-bond acceptors (Lipinski definition) is 5. The van der Waals surface area contributed by atoms with Gasteiger partial charge in [0.1, 0.15) is 5.75 Å². The topological polar surface area (TPSA) is 81.5 Å². The van der Waals surface area contributed by atoms with E-state index in [4.69, 9.17) is 4.74 Å². The predicted molar refractivity (Wildman–Crippen MR) is 93.5 cm³/mol. The lowest BCUT2D eigenvalue weighted by Gasteiger charge is -2.06. The maximum Gasteiger partial charge on any atom is 0.269 e. The zero-order chi connectivity index (χ0) is 17.4. The zero-order valence-electron chi connectivity index (χ0n) is 13.2. The third-order valence-electron chi connectivity index (χ3n) is 3.31. The highest BCUT2D eigenvalue weighted by Crippen LogP contribution is 2.21. The minimum atomic E-state index is -0.444. The van der Waals surface area contributed by atoms with Gasteiger partial charge >= 0.3 is 0 Å². The molecule has 1 amide bonds. The molecule has 24 heavy (non-hydrogen) atoms. The second-order valence-electron chi connectivity index (χ2n) is 4.99. The van der Waals surface area contributed by atoms with Gasteiger partial charge < -0.3 is 10.1 Å². The van der Waals surface area contributed by atoms with Crippen molar-refractivity contribution in [3.8, 4) is 5.75 Å². The van der Waals surface area contributed by atoms with Crippen LogP contribution in [-0.4, -0.2) is 30.2 Å². The fourth-order valence-electron chi connectivity index (χ4n) is 2.00. The molecule has 0 saturated heterocycles. The van der Waals surface area contributed by atoms with Crippen LogP contribution in [0.15, 0.2) is 53.4 Å². The molecular formula is C17H18N2O4S. The molecule has 0 radical (unpaired) electrons. The highest BCUT2D eigenvalue weighted by atomic mass is 32.2. The van der Waals surface area contributed by atoms with Gasteiger partial charge in [0.2, 0.25) is 5.91 Å². The molecule has 0 aliphatic rings. The number of ether oxygens (including phenoxy) is 1. The first-order chi connectivity index (χ1) is 11.6. The van der Waals surface area contributed by atoms with Crippen molar-refractivity contribution in [3.63, 3.8) is 0 Å². The number of carbonyl (C=O) groups is 1. The Hall–Kier alpha value is -2.54. The van der Waals surface area contributed by atoms with Crippen molar-refractivity contribution in [3.05, 3.63) is 64.2 Å². The summed E-state index contributed by atoms with van der Waals surface area (Å²) in [6.45, 7) is 0.561. The number of nitrogens with one attached hydrogen (secondary N) is 1. The summed E-state index contributed by atoms with van der Waals surface area (Å²) in [5.74, 6) is 1.02. The van der Waals surface area contributed by atoms with Gasteiger partial charge in [0.25, 0.3) is 5.69 Å². The first-order valence-corrected chi connectivity index (χ1v) is 8.34. The summed E-state index contributed by atoms with van der Waals surface area (Å²) in [7, 11) is 1.62. The van der Waals surface area contributed by atoms with Crippen LogP contribution >= 0.6 is 11.8 Å². The summed E-state index contributed by atoms with van der Waals surface area (Å²) in [4.78, 5) is 22.8. The molecule has 1 N–H and O–H groups in total. The molecular weight excluding hydrogens is 328 g/mol. The summed E-state index contributed by atoms with van der Waals surface area (Å²) in [6, 6.07) is 13.9. The van der Waals surface area contributed by atoms with Gasteiger partial charge in [-0.15, -0.1) is 11.8 Å². The van der Waals surface area contributed by atoms with Crippen molar-refractivity contribution in [1.82, 2.24) is 5.32 Å². The zero-order valence-corrected chi connectivity index (χ0v) is 14.0. The maximum atomic E-state index is 11.8. The molecule has 0 spiro atoms. The van der Waals surface area contributed by atoms with Gasteiger partial charge in [-0.1, -0.05) is 12.1 Å². The van der Waals surface area contributed by atoms with Gasteiger partial charge in [-0.25, -0.2) is 0 Å². The van der Waals surface area contributed by atoms with E-state index in [2.05, 4.69) is 5.32 Å². The van der Waals surface area contributed by atoms with Gasteiger partial charge in [-0.3, -0.25) is 14.9 Å². The highest BCUT2D eigenvalue weighted by Gasteiger charge is 2.06. The summed E-state index contributed by atoms with van der Waals surface area (Å²) >= 11 is 1.35. The Bertz CT molecular complexity index is 687. The summed E-state index contributed by atoms with van der Waals surface area (Å²) in [6.07, 6.45) is 0.748. The van der Waals surface area contributed by atoms with Crippen molar-refractivity contribution in [2.24, 2.45) is 0 Å². The number of nitro groups is 1. The summed E-state index contributed by atoms with van der Waals surface area (Å²) in [5, 5.41) is 13.4. The van der Waals surface area contributed by atoms with Crippen LogP contribution in [0.5, 0.6) is 5.75 Å². The first-order valence-electron chi connectivity index (χ1n) is 7.35. The minimum absolute atomic E-state index is 0.0447. The van der Waals surface area contributed by atoms with Crippen LogP contribution < -0.4 is 10.1 Å². The fourth-order valence-corrected chi connectivity index (χ4v) is 2.73. The third-order valence-corrected chi connectivity index (χ3v) is 4.32. The minimum Gasteiger partial charge on any atom is -0.497 e. The lowest BCUT2D eigenvalue weighted by Crippen LogP contribution is -2.27. The van der Waals surface area contributed by atoms with Crippen LogP contribution in [0.4, 0.5) is 5.69 Å². The van der Waals surface area contributed by atoms with Gasteiger partial charge in [0.15, 0.2) is 0 Å². The van der Waals surface area contributed by atoms with Gasteiger partial charge in [0.05, 0.1) is 17.8 Å². The Morgan fingerprint density at radius 1 is 1.17 bits per heavy atom. The molecule has 126 valence electrons. The number of nitro benzene ring substituents is 1. The van der Waals surface area contributed by atoms with Crippen molar-refractivity contribution in [2.75, 3.05) is 19.4 Å². The van der Waals surface area contributed by atoms with Crippen molar-refractivity contribution >= 4 is 23.4 Å². The fraction of sp³-hybridized carbons (Fsp3) is 0.235. The standard InChI is InChI=1S/C17H18N2O4S/c1-23-15-6-2-13(3-7-15)10-11-18-17(20)12-24-16-8-4-14(5-9-16)19(21)22/h2-9H,10-12H2,1H3,(H,18,20). The molecule has 0 bridgehead atoms. The molecule has 0 heterocycles. The van der Waals surface area contributed by atoms with Crippen molar-refractivity contribution in [2.45, 2.75) is 11.3 Å². The van der Waals surface area contributed by atoms with E-state index < -0.39 is 4.92 Å². The number of methoxy groups -OCH3 is 1. The average molecular weight is 346 g/mol. The molecule has 2 aromatic rings. The molecule has 2 rings (SSSR count). The van der Waals surface area contributed by atoms with E-state index in [1.807, 2.05) is 24.3 Å². The van der Waals surface area contributed by atoms with Crippen molar-refractivity contribution < 1.29 is 14.5 Å². The van der Waals surface area contributed by atoms with Gasteiger partial charge in [-0.05, 0) is 36.2 Å². The third kappa shape index (κ3) is 5.58. The molecule has 0 aliphatic heterocycles. The quantitative estimate of drug-likeness (QED) is 0.451. The molecule has 2 aromatic carbocycles. The molecule has 0 saturated carbocycles. The second kappa shape index (κ2) is 8.93. The molecule has 0 aliphatic carbocycles. The Kier molecular flexibility index (Phi) is 6.62. The molecule has 6 nitrogen and oxygen atoms in total. The molecule has 7 heteroatoms. The van der Waals surface area contributed by atoms with Crippen LogP contribution in [0.2, 0.25) is 0 Å². The number of rotatable bonds is 8. The van der Waals surface area contributed by atoms with E-state index in [-0.39, 0.29) is 17.3 Å². The normalized spacial score (nSPS) is 10.2. The van der Waals surface area contributed by atoms with Gasteiger partial charge in [-0.2, -0.15) is 0 Å². The second-order valence-corrected chi connectivity index (χ2v) is 6.04. The van der Waals surface area contributed by atoms with E-state index >= 15 is 0 Å². The Labute approximate surface area is 144 Å². The number of hydrogen-bond donors (Lipinski definition) is 1. The lowest BCUT2D eigenvalue weighted by atomic mass is 10.1. The van der Waals surface area contributed by atoms with Crippen LogP contribution in [0.25, 0.3) is 0 Å². The monoisotopic (exact) mass is 346 g/mol. The van der Waals surface area contributed by atoms with Gasteiger partial charge in [0, 0.05) is 23.6 Å². The van der Waals surface area contributed by atoms with E-state index in [9.17, 15) is 14.9 Å². The van der Waals surface area contributed by atoms with Crippen LogP contribution in [0.1, 0.15) is 5.56 Å². The summed E-state index contributed by atoms with van der Waals surface area (Å²) < 4.78 is 5.10. The highest BCUT2D eigenvalue weighted by molar-refractivity contribution is 8.00. The van der Waals surface area contributed by atoms with E-state index in [1.54, 1.807) is 19.2 Å². The number of benzene rings is 2. The molecule has 0 aromatic heterocycles. The molecule has 0 fully saturated rings. The number of nitrogens with zero attached hydrogens (tertiary/aromatic N) is 1. The maximum absolute atomic E-state index is 11.8. The Morgan fingerprint density at radius 2 is 1.83 bits per heavy atom. The largest absolute Gasteiger partial charge is 0.497 e.